The number of likely N-dealkylation sites (tertiary alicyclic amines) is 1. The number of aliphatic carboxylic acids is 1. The lowest BCUT2D eigenvalue weighted by molar-refractivity contribution is -0.146. The van der Waals surface area contributed by atoms with E-state index in [0.29, 0.717) is 13.1 Å². The summed E-state index contributed by atoms with van der Waals surface area (Å²) in [4.78, 5) is 23.9. The second kappa shape index (κ2) is 4.72. The van der Waals surface area contributed by atoms with Crippen molar-refractivity contribution >= 4 is 27.8 Å². The quantitative estimate of drug-likeness (QED) is 0.929. The monoisotopic (exact) mass is 311 g/mol. The molecule has 0 aromatic heterocycles. The third-order valence-corrected chi connectivity index (χ3v) is 3.91. The van der Waals surface area contributed by atoms with Gasteiger partial charge < -0.3 is 10.0 Å². The van der Waals surface area contributed by atoms with Gasteiger partial charge in [-0.25, -0.2) is 0 Å². The van der Waals surface area contributed by atoms with Gasteiger partial charge in [-0.15, -0.1) is 0 Å². The Bertz CT molecular complexity index is 478. The van der Waals surface area contributed by atoms with E-state index in [1.54, 1.807) is 4.90 Å². The highest BCUT2D eigenvalue weighted by Crippen LogP contribution is 2.38. The number of halogens is 1. The molecule has 1 aromatic carbocycles. The third-order valence-electron chi connectivity index (χ3n) is 3.38. The molecule has 96 valence electrons. The molecule has 1 aliphatic heterocycles. The van der Waals surface area contributed by atoms with E-state index in [2.05, 4.69) is 15.9 Å². The molecule has 0 bridgehead atoms. The van der Waals surface area contributed by atoms with Crippen molar-refractivity contribution < 1.29 is 14.7 Å². The highest BCUT2D eigenvalue weighted by Gasteiger charge is 2.46. The molecule has 0 radical (unpaired) electrons. The summed E-state index contributed by atoms with van der Waals surface area (Å²) >= 11 is 3.36. The van der Waals surface area contributed by atoms with Crippen LogP contribution in [0.3, 0.4) is 0 Å². The fourth-order valence-electron chi connectivity index (χ4n) is 2.40. The molecule has 0 saturated carbocycles. The van der Waals surface area contributed by atoms with Crippen LogP contribution in [0.4, 0.5) is 0 Å². The second-order valence-electron chi connectivity index (χ2n) is 4.73. The van der Waals surface area contributed by atoms with E-state index in [1.165, 1.54) is 6.92 Å². The molecule has 18 heavy (non-hydrogen) atoms. The molecule has 1 N–H and O–H groups in total. The highest BCUT2D eigenvalue weighted by molar-refractivity contribution is 9.10. The van der Waals surface area contributed by atoms with Gasteiger partial charge in [-0.05, 0) is 17.7 Å². The molecule has 4 nitrogen and oxygen atoms in total. The summed E-state index contributed by atoms with van der Waals surface area (Å²) in [5.41, 5.74) is 0.545. The topological polar surface area (TPSA) is 57.6 Å². The zero-order chi connectivity index (χ0) is 13.3. The van der Waals surface area contributed by atoms with Gasteiger partial charge in [-0.3, -0.25) is 9.59 Å². The Hall–Kier alpha value is -1.36. The van der Waals surface area contributed by atoms with Gasteiger partial charge in [0.1, 0.15) is 0 Å². The number of hydrogen-bond acceptors (Lipinski definition) is 2. The van der Waals surface area contributed by atoms with Crippen LogP contribution in [0.25, 0.3) is 0 Å². The summed E-state index contributed by atoms with van der Waals surface area (Å²) in [6, 6.07) is 7.64. The predicted molar refractivity (Wildman–Crippen MR) is 70.3 cm³/mol. The zero-order valence-electron chi connectivity index (χ0n) is 10.0. The average Bonchev–Trinajstić information content (AvgIpc) is 2.23. The molecular weight excluding hydrogens is 298 g/mol. The molecule has 5 heteroatoms. The molecule has 1 amide bonds. The van der Waals surface area contributed by atoms with E-state index >= 15 is 0 Å². The summed E-state index contributed by atoms with van der Waals surface area (Å²) in [6.07, 6.45) is 0.0540. The number of hydrogen-bond donors (Lipinski definition) is 1. The number of amides is 1. The second-order valence-corrected chi connectivity index (χ2v) is 5.65. The predicted octanol–water partition coefficient (Wildman–Crippen LogP) is 2.02. The van der Waals surface area contributed by atoms with Crippen LogP contribution >= 0.6 is 15.9 Å². The molecule has 0 spiro atoms. The Morgan fingerprint density at radius 3 is 2.33 bits per heavy atom. The Labute approximate surface area is 114 Å². The number of rotatable bonds is 3. The van der Waals surface area contributed by atoms with Crippen LogP contribution in [0.5, 0.6) is 0 Å². The number of benzene rings is 1. The summed E-state index contributed by atoms with van der Waals surface area (Å²) in [7, 11) is 0. The van der Waals surface area contributed by atoms with Crippen molar-refractivity contribution in [2.24, 2.45) is 0 Å². The first-order valence-corrected chi connectivity index (χ1v) is 6.46. The van der Waals surface area contributed by atoms with Gasteiger partial charge >= 0.3 is 5.97 Å². The normalized spacial score (nSPS) is 17.1. The Morgan fingerprint density at radius 1 is 1.33 bits per heavy atom. The molecule has 0 aliphatic carbocycles. The first-order valence-electron chi connectivity index (χ1n) is 5.66. The fourth-order valence-corrected chi connectivity index (χ4v) is 2.66. The van der Waals surface area contributed by atoms with Crippen LogP contribution in [-0.2, 0) is 15.0 Å². The van der Waals surface area contributed by atoms with Crippen molar-refractivity contribution in [1.29, 1.82) is 0 Å². The van der Waals surface area contributed by atoms with Crippen molar-refractivity contribution in [2.75, 3.05) is 13.1 Å². The largest absolute Gasteiger partial charge is 0.481 e. The van der Waals surface area contributed by atoms with Gasteiger partial charge in [0, 0.05) is 29.9 Å². The molecule has 0 unspecified atom stereocenters. The van der Waals surface area contributed by atoms with Crippen molar-refractivity contribution in [3.63, 3.8) is 0 Å². The van der Waals surface area contributed by atoms with Gasteiger partial charge in [0.2, 0.25) is 5.91 Å². The lowest BCUT2D eigenvalue weighted by Crippen LogP contribution is -2.61. The van der Waals surface area contributed by atoms with E-state index in [-0.39, 0.29) is 12.3 Å². The average molecular weight is 312 g/mol. The van der Waals surface area contributed by atoms with E-state index in [4.69, 9.17) is 5.11 Å². The fraction of sp³-hybridized carbons (Fsp3) is 0.385. The number of carbonyl (C=O) groups is 2. The number of carboxylic acids is 1. The molecule has 1 saturated heterocycles. The van der Waals surface area contributed by atoms with Crippen molar-refractivity contribution in [2.45, 2.75) is 18.8 Å². The molecule has 1 heterocycles. The van der Waals surface area contributed by atoms with Crippen molar-refractivity contribution in [3.05, 3.63) is 34.3 Å². The number of carboxylic acid groups (broad SMARTS) is 1. The van der Waals surface area contributed by atoms with Crippen molar-refractivity contribution in [1.82, 2.24) is 4.90 Å². The Balaban J connectivity index is 2.24. The minimum Gasteiger partial charge on any atom is -0.481 e. The third kappa shape index (κ3) is 2.41. The number of nitrogens with zero attached hydrogens (tertiary/aromatic N) is 1. The van der Waals surface area contributed by atoms with Crippen LogP contribution < -0.4 is 0 Å². The van der Waals surface area contributed by atoms with Crippen molar-refractivity contribution in [3.8, 4) is 0 Å². The lowest BCUT2D eigenvalue weighted by Gasteiger charge is -2.49. The van der Waals surface area contributed by atoms with E-state index in [1.807, 2.05) is 24.3 Å². The minimum absolute atomic E-state index is 0.00637. The Kier molecular flexibility index (Phi) is 3.43. The molecule has 1 fully saturated rings. The van der Waals surface area contributed by atoms with E-state index < -0.39 is 11.4 Å². The summed E-state index contributed by atoms with van der Waals surface area (Å²) in [6.45, 7) is 2.47. The number of carbonyl (C=O) groups excluding carboxylic acids is 1. The van der Waals surface area contributed by atoms with Crippen LogP contribution in [0.15, 0.2) is 28.7 Å². The van der Waals surface area contributed by atoms with Gasteiger partial charge in [-0.2, -0.15) is 0 Å². The highest BCUT2D eigenvalue weighted by atomic mass is 79.9. The summed E-state index contributed by atoms with van der Waals surface area (Å²) < 4.78 is 0.958. The summed E-state index contributed by atoms with van der Waals surface area (Å²) in [5.74, 6) is -0.839. The molecule has 1 aromatic rings. The minimum atomic E-state index is -0.832. The van der Waals surface area contributed by atoms with E-state index in [9.17, 15) is 9.59 Å². The smallest absolute Gasteiger partial charge is 0.304 e. The Morgan fingerprint density at radius 2 is 1.89 bits per heavy atom. The SMILES string of the molecule is CC(=O)N1CC(CC(=O)O)(c2ccc(Br)cc2)C1. The van der Waals surface area contributed by atoms with Gasteiger partial charge in [-0.1, -0.05) is 28.1 Å². The van der Waals surface area contributed by atoms with Gasteiger partial charge in [0.15, 0.2) is 0 Å². The van der Waals surface area contributed by atoms with Crippen LogP contribution in [0, 0.1) is 0 Å². The van der Waals surface area contributed by atoms with Crippen LogP contribution in [0.1, 0.15) is 18.9 Å². The zero-order valence-corrected chi connectivity index (χ0v) is 11.6. The lowest BCUT2D eigenvalue weighted by atomic mass is 9.71. The van der Waals surface area contributed by atoms with Gasteiger partial charge in [0.05, 0.1) is 6.42 Å². The standard InChI is InChI=1S/C13H14BrNO3/c1-9(16)15-7-13(8-15,6-12(17)18)10-2-4-11(14)5-3-10/h2-5H,6-8H2,1H3,(H,17,18). The maximum absolute atomic E-state index is 11.3. The molecule has 2 rings (SSSR count). The molecular formula is C13H14BrNO3. The summed E-state index contributed by atoms with van der Waals surface area (Å²) in [5, 5.41) is 9.04. The van der Waals surface area contributed by atoms with Crippen LogP contribution in [0.2, 0.25) is 0 Å². The maximum atomic E-state index is 11.3. The van der Waals surface area contributed by atoms with Gasteiger partial charge in [0.25, 0.3) is 0 Å². The maximum Gasteiger partial charge on any atom is 0.304 e. The first kappa shape index (κ1) is 13.1. The first-order chi connectivity index (χ1) is 8.43. The van der Waals surface area contributed by atoms with E-state index in [0.717, 1.165) is 10.0 Å². The molecule has 1 aliphatic rings. The molecule has 0 atom stereocenters. The van der Waals surface area contributed by atoms with Crippen LogP contribution in [-0.4, -0.2) is 35.0 Å².